The van der Waals surface area contributed by atoms with E-state index in [1.807, 2.05) is 60.7 Å². The van der Waals surface area contributed by atoms with Gasteiger partial charge in [0, 0.05) is 180 Å². The molecule has 12 N–H and O–H groups in total. The van der Waals surface area contributed by atoms with Crippen molar-refractivity contribution in [1.29, 1.82) is 0 Å². The zero-order valence-corrected chi connectivity index (χ0v) is 69.9. The van der Waals surface area contributed by atoms with Gasteiger partial charge in [-0.25, -0.2) is 17.6 Å². The number of aromatic nitrogens is 4. The predicted molar refractivity (Wildman–Crippen MR) is 468 cm³/mol. The monoisotopic (exact) mass is 1760 g/mol. The van der Waals surface area contributed by atoms with Crippen LogP contribution in [0.2, 0.25) is 0 Å². The molecule has 37 heteroatoms. The van der Waals surface area contributed by atoms with Crippen LogP contribution in [0.15, 0.2) is 146 Å². The van der Waals surface area contributed by atoms with Gasteiger partial charge in [0.2, 0.25) is 29.5 Å². The third kappa shape index (κ3) is 20.7. The van der Waals surface area contributed by atoms with E-state index >= 15 is 0 Å². The number of anilines is 8. The second kappa shape index (κ2) is 39.2. The van der Waals surface area contributed by atoms with Gasteiger partial charge in [-0.2, -0.15) is 10.2 Å². The largest absolute Gasteiger partial charge is 0.481 e. The van der Waals surface area contributed by atoms with Crippen LogP contribution < -0.4 is 57.7 Å². The summed E-state index contributed by atoms with van der Waals surface area (Å²) < 4.78 is 66.2. The number of imide groups is 4. The first-order valence-corrected chi connectivity index (χ1v) is 42.7. The third-order valence-electron chi connectivity index (χ3n) is 23.7. The second-order valence-electron chi connectivity index (χ2n) is 32.5. The van der Waals surface area contributed by atoms with E-state index in [1.165, 1.54) is 42.5 Å². The number of carbonyl (C=O) groups is 12. The molecule has 668 valence electrons. The maximum atomic E-state index is 14.0. The lowest BCUT2D eigenvalue weighted by Gasteiger charge is -2.36. The van der Waals surface area contributed by atoms with E-state index in [9.17, 15) is 75.1 Å². The van der Waals surface area contributed by atoms with Crippen molar-refractivity contribution in [3.63, 3.8) is 0 Å². The molecule has 0 saturated carbocycles. The van der Waals surface area contributed by atoms with Crippen molar-refractivity contribution in [2.24, 2.45) is 0 Å². The Morgan fingerprint density at radius 2 is 0.860 bits per heavy atom. The van der Waals surface area contributed by atoms with Crippen LogP contribution in [0.5, 0.6) is 0 Å². The first kappa shape index (κ1) is 88.0. The molecule has 0 aliphatic carbocycles. The molecule has 2 aromatic heterocycles. The smallest absolute Gasteiger partial charge is 0.305 e. The summed E-state index contributed by atoms with van der Waals surface area (Å²) in [5.41, 5.74) is 10.2. The standard InChI is InChI=1S/C46H45F2N9O7.C30H32F2N6O2.C16H15N3O6/c47-28-20-27(21-29(48)23-28)19-26-1-6-37-36(22-26)42(54-53-37)52-43(60)34-5-3-32(25-38(34)50-30-10-17-64-18-11-30)55-13-15-56(16-14-55)41(59)9-12-49-31-2-4-33-35(24-31)46(63)57(45(33)62)39-7-8-40(58)51-44(39)61;31-21-14-20(15-22(32)17-21)13-19-1-4-27-26(16-19)29(37-36-27)35-30(39)25-3-2-24(38-9-7-33-8-10-38)18-28(25)34-23-5-11-40-12-6-23;20-12-4-3-11(14(23)18-12)19-15(24)9-2-1-8(7-10(9)16(19)25)17-6-5-13(21)22/h1-6,20-25,30,39,49-50H,7-19H2,(H,51,58,61)(H2,52,53,54,60);1-4,14-18,23,33-34H,5-13H2,(H2,35,36,37,39);1-2,7,11,17H,3-6H2,(H,21,22)(H,18,20,23). The van der Waals surface area contributed by atoms with Gasteiger partial charge >= 0.3 is 5.97 Å². The summed E-state index contributed by atoms with van der Waals surface area (Å²) in [4.78, 5) is 158. The van der Waals surface area contributed by atoms with E-state index in [2.05, 4.69) is 84.1 Å². The van der Waals surface area contributed by atoms with Crippen LogP contribution in [-0.4, -0.2) is 227 Å². The number of aromatic amines is 2. The van der Waals surface area contributed by atoms with Gasteiger partial charge in [0.15, 0.2) is 11.6 Å². The lowest BCUT2D eigenvalue weighted by atomic mass is 10.0. The van der Waals surface area contributed by atoms with Crippen LogP contribution in [0.3, 0.4) is 0 Å². The van der Waals surface area contributed by atoms with E-state index in [4.69, 9.17) is 14.6 Å². The number of hydrogen-bond acceptors (Lipinski definition) is 23. The predicted octanol–water partition coefficient (Wildman–Crippen LogP) is 9.49. The fraction of sp³-hybridized carbons (Fsp3) is 0.326. The Bertz CT molecular complexity index is 6040. The van der Waals surface area contributed by atoms with Gasteiger partial charge in [0.05, 0.1) is 50.8 Å². The normalized spacial score (nSPS) is 17.8. The van der Waals surface area contributed by atoms with Gasteiger partial charge < -0.3 is 66.5 Å². The maximum absolute atomic E-state index is 14.0. The van der Waals surface area contributed by atoms with Gasteiger partial charge in [-0.15, -0.1) is 0 Å². The number of hydrogen-bond donors (Lipinski definition) is 12. The molecule has 11 amide bonds. The first-order valence-electron chi connectivity index (χ1n) is 42.7. The van der Waals surface area contributed by atoms with Crippen molar-refractivity contribution >= 4 is 139 Å². The number of nitrogens with one attached hydrogen (secondary N) is 11. The number of piperidine rings is 2. The molecule has 2 unspecified atom stereocenters. The highest BCUT2D eigenvalue weighted by atomic mass is 19.1. The molecule has 33 nitrogen and oxygen atoms in total. The van der Waals surface area contributed by atoms with Gasteiger partial charge in [-0.05, 0) is 195 Å². The number of carboxylic acids is 1. The molecular formula is C92H92F4N18O15. The van der Waals surface area contributed by atoms with E-state index in [0.717, 1.165) is 113 Å². The Hall–Kier alpha value is -14.5. The highest BCUT2D eigenvalue weighted by Crippen LogP contribution is 2.36. The number of carboxylic acid groups (broad SMARTS) is 1. The summed E-state index contributed by atoms with van der Waals surface area (Å²) in [6, 6.07) is 37.0. The summed E-state index contributed by atoms with van der Waals surface area (Å²) in [6.45, 7) is 8.82. The zero-order chi connectivity index (χ0) is 90.1. The Kier molecular flexibility index (Phi) is 26.7. The number of H-pyrrole nitrogens is 2. The average molecular weight is 1770 g/mol. The van der Waals surface area contributed by atoms with E-state index < -0.39 is 88.6 Å². The number of fused-ring (bicyclic) bond motifs is 4. The SMILES string of the molecule is O=C(Nc1n[nH]c2ccc(Cc3cc(F)cc(F)c3)cc12)c1ccc(N2CCNCC2)cc1NC1CCOCC1.O=C(O)CCNc1ccc2c(c1)C(=O)N(C1CCC(=O)NC1=O)C2=O.O=C1CCC(N2C(=O)c3ccc(NCCC(=O)N4CCN(c5ccc(C(=O)Nc6n[nH]c7ccc(Cc8cc(F)cc(F)c8)cc67)c(NC6CCOCC6)c5)CC4)cc3C2=O)C(=O)N1. The second-order valence-corrected chi connectivity index (χ2v) is 32.5. The molecule has 2 atom stereocenters. The van der Waals surface area contributed by atoms with Gasteiger partial charge in [0.1, 0.15) is 35.4 Å². The van der Waals surface area contributed by atoms with E-state index in [0.29, 0.717) is 121 Å². The van der Waals surface area contributed by atoms with Gasteiger partial charge in [0.25, 0.3) is 35.4 Å². The molecule has 6 saturated heterocycles. The maximum Gasteiger partial charge on any atom is 0.305 e. The van der Waals surface area contributed by atoms with E-state index in [1.54, 1.807) is 29.2 Å². The van der Waals surface area contributed by atoms with E-state index in [-0.39, 0.29) is 110 Å². The van der Waals surface area contributed by atoms with Crippen molar-refractivity contribution in [2.75, 3.05) is 134 Å². The molecule has 0 spiro atoms. The highest BCUT2D eigenvalue weighted by molar-refractivity contribution is 6.25. The van der Waals surface area contributed by atoms with Crippen molar-refractivity contribution in [3.05, 3.63) is 224 Å². The molecular weight excluding hydrogens is 1670 g/mol. The topological polar surface area (TPSA) is 425 Å². The molecule has 0 bridgehead atoms. The third-order valence-corrected chi connectivity index (χ3v) is 23.7. The number of rotatable bonds is 24. The molecule has 129 heavy (non-hydrogen) atoms. The Morgan fingerprint density at radius 1 is 0.442 bits per heavy atom. The lowest BCUT2D eigenvalue weighted by Crippen LogP contribution is -2.54. The average Bonchev–Trinajstić information content (AvgIpc) is 1.61. The minimum Gasteiger partial charge on any atom is -0.481 e. The summed E-state index contributed by atoms with van der Waals surface area (Å²) in [5, 5.41) is 51.5. The minimum atomic E-state index is -1.05. The lowest BCUT2D eigenvalue weighted by molar-refractivity contribution is -0.137. The number of nitrogens with zero attached hydrogens (tertiary/aromatic N) is 7. The van der Waals surface area contributed by atoms with Crippen molar-refractivity contribution in [2.45, 2.75) is 101 Å². The first-order chi connectivity index (χ1) is 62.4. The molecule has 8 aliphatic heterocycles. The molecule has 0 radical (unpaired) electrons. The molecule has 8 aromatic carbocycles. The molecule has 6 fully saturated rings. The van der Waals surface area contributed by atoms with Crippen LogP contribution in [-0.2, 0) is 51.1 Å². The Morgan fingerprint density at radius 3 is 1.29 bits per heavy atom. The number of halogens is 4. The fourth-order valence-electron chi connectivity index (χ4n) is 17.1. The molecule has 8 aliphatic rings. The van der Waals surface area contributed by atoms with Crippen LogP contribution >= 0.6 is 0 Å². The number of carbonyl (C=O) groups excluding carboxylic acids is 11. The molecule has 18 rings (SSSR count). The summed E-state index contributed by atoms with van der Waals surface area (Å²) in [5.74, 6) is -8.01. The highest BCUT2D eigenvalue weighted by Gasteiger charge is 2.47. The summed E-state index contributed by atoms with van der Waals surface area (Å²) in [6.07, 6.45) is 4.29. The molecule has 10 heterocycles. The van der Waals surface area contributed by atoms with Crippen molar-refractivity contribution < 1.29 is 89.7 Å². The summed E-state index contributed by atoms with van der Waals surface area (Å²) in [7, 11) is 0. The number of amides is 11. The van der Waals surface area contributed by atoms with Crippen LogP contribution in [0, 0.1) is 23.3 Å². The number of ether oxygens (including phenoxy) is 2. The number of piperazine rings is 2. The van der Waals surface area contributed by atoms with Crippen molar-refractivity contribution in [1.82, 2.24) is 51.0 Å². The number of benzene rings is 8. The Labute approximate surface area is 735 Å². The fourth-order valence-corrected chi connectivity index (χ4v) is 17.1. The summed E-state index contributed by atoms with van der Waals surface area (Å²) >= 11 is 0. The van der Waals surface area contributed by atoms with Crippen molar-refractivity contribution in [3.8, 4) is 0 Å². The Balaban J connectivity index is 0.000000159. The van der Waals surface area contributed by atoms with Crippen LogP contribution in [0.1, 0.15) is 149 Å². The minimum absolute atomic E-state index is 0.0343. The van der Waals surface area contributed by atoms with Crippen LogP contribution in [0.25, 0.3) is 21.8 Å². The quantitative estimate of drug-likeness (QED) is 0.0198. The van der Waals surface area contributed by atoms with Gasteiger partial charge in [-0.3, -0.25) is 88.2 Å². The van der Waals surface area contributed by atoms with Crippen LogP contribution in [0.4, 0.5) is 63.3 Å². The molecule has 10 aromatic rings. The number of aliphatic carboxylic acids is 1. The zero-order valence-electron chi connectivity index (χ0n) is 69.9. The van der Waals surface area contributed by atoms with Gasteiger partial charge in [-0.1, -0.05) is 12.1 Å².